The molecule has 0 spiro atoms. The highest BCUT2D eigenvalue weighted by Gasteiger charge is 2.37. The molecule has 0 aromatic heterocycles. The monoisotopic (exact) mass is 343 g/mol. The van der Waals surface area contributed by atoms with Crippen molar-refractivity contribution in [3.63, 3.8) is 0 Å². The molecule has 0 heterocycles. The lowest BCUT2D eigenvalue weighted by Crippen LogP contribution is -2.15. The summed E-state index contributed by atoms with van der Waals surface area (Å²) in [4.78, 5) is 21.2. The number of rotatable bonds is 4. The average molecular weight is 343 g/mol. The summed E-state index contributed by atoms with van der Waals surface area (Å²) in [5, 5.41) is 18.9. The molecule has 0 amide bonds. The first-order valence-electron chi connectivity index (χ1n) is 5.55. The van der Waals surface area contributed by atoms with Gasteiger partial charge < -0.3 is 15.5 Å². The van der Waals surface area contributed by atoms with E-state index in [1.54, 1.807) is 5.32 Å². The summed E-state index contributed by atoms with van der Waals surface area (Å²) in [6, 6.07) is 0.314. The number of anilines is 1. The first-order valence-corrected chi connectivity index (χ1v) is 5.55. The van der Waals surface area contributed by atoms with E-state index >= 15 is 0 Å². The smallest absolute Gasteiger partial charge is 0.416 e. The largest absolute Gasteiger partial charge is 0.478 e. The van der Waals surface area contributed by atoms with Crippen molar-refractivity contribution in [3.8, 4) is 0 Å². The van der Waals surface area contributed by atoms with Crippen molar-refractivity contribution in [1.29, 1.82) is 0 Å². The van der Waals surface area contributed by atoms with Crippen LogP contribution in [-0.4, -0.2) is 22.2 Å². The molecular formula is C12H7F6NO4. The van der Waals surface area contributed by atoms with Crippen molar-refractivity contribution in [2.24, 2.45) is 0 Å². The lowest BCUT2D eigenvalue weighted by Gasteiger charge is -2.15. The van der Waals surface area contributed by atoms with Crippen LogP contribution in [0.5, 0.6) is 0 Å². The normalized spacial score (nSPS) is 12.9. The summed E-state index contributed by atoms with van der Waals surface area (Å²) in [5.74, 6) is -3.63. The number of halogens is 6. The van der Waals surface area contributed by atoms with Gasteiger partial charge in [0.25, 0.3) is 0 Å². The average Bonchev–Trinajstić information content (AvgIpc) is 2.34. The van der Waals surface area contributed by atoms with Crippen LogP contribution >= 0.6 is 0 Å². The Kier molecular flexibility index (Phi) is 4.93. The molecule has 0 bridgehead atoms. The summed E-state index contributed by atoms with van der Waals surface area (Å²) < 4.78 is 75.7. The maximum Gasteiger partial charge on any atom is 0.416 e. The van der Waals surface area contributed by atoms with Gasteiger partial charge in [-0.15, -0.1) is 0 Å². The zero-order chi connectivity index (χ0) is 18.0. The van der Waals surface area contributed by atoms with Crippen LogP contribution in [0.3, 0.4) is 0 Å². The third-order valence-electron chi connectivity index (χ3n) is 2.36. The Hall–Kier alpha value is -2.72. The van der Waals surface area contributed by atoms with Gasteiger partial charge in [0.2, 0.25) is 0 Å². The Morgan fingerprint density at radius 1 is 0.913 bits per heavy atom. The molecule has 1 aromatic carbocycles. The summed E-state index contributed by atoms with van der Waals surface area (Å²) >= 11 is 0. The number of hydrogen-bond donors (Lipinski definition) is 3. The number of benzene rings is 1. The van der Waals surface area contributed by atoms with E-state index in [-0.39, 0.29) is 24.3 Å². The van der Waals surface area contributed by atoms with Crippen molar-refractivity contribution in [2.75, 3.05) is 5.32 Å². The molecular weight excluding hydrogens is 336 g/mol. The number of carboxylic acid groups (broad SMARTS) is 2. The number of nitrogens with one attached hydrogen (secondary N) is 1. The summed E-state index contributed by atoms with van der Waals surface area (Å²) in [5.41, 5.74) is -5.32. The number of hydrogen-bond acceptors (Lipinski definition) is 3. The topological polar surface area (TPSA) is 86.6 Å². The van der Waals surface area contributed by atoms with Crippen molar-refractivity contribution >= 4 is 17.6 Å². The number of carboxylic acids is 2. The lowest BCUT2D eigenvalue weighted by molar-refractivity contribution is -0.143. The van der Waals surface area contributed by atoms with Crippen molar-refractivity contribution in [2.45, 2.75) is 12.4 Å². The Bertz CT molecular complexity index is 630. The highest BCUT2D eigenvalue weighted by molar-refractivity contribution is 5.97. The van der Waals surface area contributed by atoms with E-state index in [0.29, 0.717) is 0 Å². The molecule has 0 unspecified atom stereocenters. The minimum Gasteiger partial charge on any atom is -0.478 e. The minimum atomic E-state index is -5.11. The van der Waals surface area contributed by atoms with Crippen LogP contribution in [0.1, 0.15) is 11.1 Å². The number of alkyl halides is 6. The van der Waals surface area contributed by atoms with Crippen LogP contribution in [-0.2, 0) is 21.9 Å². The Morgan fingerprint density at radius 2 is 1.35 bits per heavy atom. The molecule has 0 aliphatic heterocycles. The molecule has 0 aliphatic carbocycles. The number of aliphatic carboxylic acids is 2. The van der Waals surface area contributed by atoms with Crippen LogP contribution in [0.15, 0.2) is 30.0 Å². The first-order chi connectivity index (χ1) is 10.3. The Morgan fingerprint density at radius 3 is 1.65 bits per heavy atom. The standard InChI is InChI=1S/C12H7F6NO4/c13-11(14,15)5-1-6(12(16,17)18)3-7(2-5)19-8(10(22)23)4-9(20)21/h1-4,19H,(H,20,21)(H,22,23). The van der Waals surface area contributed by atoms with Gasteiger partial charge in [0.05, 0.1) is 17.2 Å². The zero-order valence-corrected chi connectivity index (χ0v) is 10.8. The van der Waals surface area contributed by atoms with Gasteiger partial charge in [0, 0.05) is 5.69 Å². The number of carbonyl (C=O) groups is 2. The van der Waals surface area contributed by atoms with Crippen molar-refractivity contribution in [3.05, 3.63) is 41.1 Å². The summed E-state index contributed by atoms with van der Waals surface area (Å²) in [7, 11) is 0. The molecule has 5 nitrogen and oxygen atoms in total. The maximum atomic E-state index is 12.6. The van der Waals surface area contributed by atoms with E-state index in [0.717, 1.165) is 0 Å². The predicted molar refractivity (Wildman–Crippen MR) is 63.4 cm³/mol. The minimum absolute atomic E-state index is 0.0931. The molecule has 0 fully saturated rings. The molecule has 0 aliphatic rings. The Balaban J connectivity index is 3.41. The van der Waals surface area contributed by atoms with Crippen LogP contribution in [0, 0.1) is 0 Å². The van der Waals surface area contributed by atoms with Crippen molar-refractivity contribution in [1.82, 2.24) is 0 Å². The van der Waals surface area contributed by atoms with E-state index in [9.17, 15) is 35.9 Å². The second kappa shape index (κ2) is 6.18. The summed E-state index contributed by atoms with van der Waals surface area (Å²) in [6.45, 7) is 0. The molecule has 23 heavy (non-hydrogen) atoms. The maximum absolute atomic E-state index is 12.6. The van der Waals surface area contributed by atoms with Gasteiger partial charge in [0.1, 0.15) is 5.70 Å². The second-order valence-electron chi connectivity index (χ2n) is 4.12. The van der Waals surface area contributed by atoms with Crippen LogP contribution in [0.25, 0.3) is 0 Å². The van der Waals surface area contributed by atoms with Gasteiger partial charge in [-0.3, -0.25) is 0 Å². The van der Waals surface area contributed by atoms with Gasteiger partial charge in [-0.2, -0.15) is 26.3 Å². The van der Waals surface area contributed by atoms with Crippen LogP contribution in [0.4, 0.5) is 32.0 Å². The third-order valence-corrected chi connectivity index (χ3v) is 2.36. The molecule has 3 N–H and O–H groups in total. The molecule has 1 aromatic rings. The highest BCUT2D eigenvalue weighted by Crippen LogP contribution is 2.37. The summed E-state index contributed by atoms with van der Waals surface area (Å²) in [6.07, 6.45) is -10.1. The van der Waals surface area contributed by atoms with E-state index in [2.05, 4.69) is 0 Å². The second-order valence-corrected chi connectivity index (χ2v) is 4.12. The highest BCUT2D eigenvalue weighted by atomic mass is 19.4. The fraction of sp³-hybridized carbons (Fsp3) is 0.167. The molecule has 0 saturated heterocycles. The Labute approximate surface area is 123 Å². The van der Waals surface area contributed by atoms with Gasteiger partial charge in [-0.05, 0) is 18.2 Å². The molecule has 0 radical (unpaired) electrons. The first kappa shape index (κ1) is 18.3. The fourth-order valence-electron chi connectivity index (χ4n) is 1.46. The molecule has 0 atom stereocenters. The van der Waals surface area contributed by atoms with Gasteiger partial charge in [0.15, 0.2) is 0 Å². The third kappa shape index (κ3) is 5.20. The molecule has 0 saturated carbocycles. The quantitative estimate of drug-likeness (QED) is 0.577. The molecule has 126 valence electrons. The molecule has 1 rings (SSSR count). The van der Waals surface area contributed by atoms with E-state index < -0.39 is 46.8 Å². The van der Waals surface area contributed by atoms with Gasteiger partial charge in [-0.1, -0.05) is 0 Å². The predicted octanol–water partition coefficient (Wildman–Crippen LogP) is 3.19. The van der Waals surface area contributed by atoms with E-state index in [1.165, 1.54) is 0 Å². The fourth-order valence-corrected chi connectivity index (χ4v) is 1.46. The molecule has 11 heteroatoms. The van der Waals surface area contributed by atoms with Crippen LogP contribution in [0.2, 0.25) is 0 Å². The SMILES string of the molecule is O=C(O)C=C(Nc1cc(C(F)(F)F)cc(C(F)(F)F)c1)C(=O)O. The van der Waals surface area contributed by atoms with Gasteiger partial charge >= 0.3 is 24.3 Å². The van der Waals surface area contributed by atoms with Crippen molar-refractivity contribution < 1.29 is 46.1 Å². The van der Waals surface area contributed by atoms with Gasteiger partial charge in [-0.25, -0.2) is 9.59 Å². The van der Waals surface area contributed by atoms with Crippen LogP contribution < -0.4 is 5.32 Å². The van der Waals surface area contributed by atoms with E-state index in [1.807, 2.05) is 0 Å². The van der Waals surface area contributed by atoms with E-state index in [4.69, 9.17) is 10.2 Å². The lowest BCUT2D eigenvalue weighted by atomic mass is 10.1. The zero-order valence-electron chi connectivity index (χ0n) is 10.8.